The highest BCUT2D eigenvalue weighted by atomic mass is 32.1. The minimum atomic E-state index is -0.0702. The van der Waals surface area contributed by atoms with Crippen molar-refractivity contribution in [3.8, 4) is 51.5 Å². The Morgan fingerprint density at radius 1 is 0.377 bits per heavy atom. The van der Waals surface area contributed by atoms with E-state index in [0.29, 0.717) is 11.8 Å². The predicted molar refractivity (Wildman–Crippen MR) is 348 cm³/mol. The van der Waals surface area contributed by atoms with Gasteiger partial charge in [-0.2, -0.15) is 17.5 Å². The highest BCUT2D eigenvalue weighted by Gasteiger charge is 2.48. The average Bonchev–Trinajstić information content (AvgIpc) is 4.37. The number of benzene rings is 2. The molecule has 77 heavy (non-hydrogen) atoms. The maximum atomic E-state index is 5.13. The van der Waals surface area contributed by atoms with Crippen LogP contribution in [0.3, 0.4) is 0 Å². The SMILES string of the molecule is CCCCC(CC)Cc1cc2sc(-c3ccc(-c4cc5c(s4)-c4sc(-c6ccc(-c7cc8sc(CC(CC)CCCC)cc8s7)c7nsnc67)cc4C5(CC(CC)CCCC)CC(CC)CCCC)c4nsnc34)cc2s1. The van der Waals surface area contributed by atoms with Crippen LogP contribution in [0.4, 0.5) is 0 Å². The quantitative estimate of drug-likeness (QED) is 0.0490. The molecule has 8 heterocycles. The molecule has 8 aromatic heterocycles. The largest absolute Gasteiger partial charge is 0.172 e. The first-order chi connectivity index (χ1) is 37.7. The van der Waals surface area contributed by atoms with Gasteiger partial charge in [0.15, 0.2) is 0 Å². The molecule has 1 aliphatic rings. The van der Waals surface area contributed by atoms with Gasteiger partial charge in [-0.3, -0.25) is 0 Å². The molecule has 0 fully saturated rings. The summed E-state index contributed by atoms with van der Waals surface area (Å²) in [7, 11) is 0. The molecule has 0 aliphatic heterocycles. The smallest absolute Gasteiger partial charge is 0.114 e. The highest BCUT2D eigenvalue weighted by Crippen LogP contribution is 2.63. The zero-order valence-electron chi connectivity index (χ0n) is 46.8. The number of rotatable bonds is 28. The second kappa shape index (κ2) is 24.9. The normalized spacial score (nSPS) is 16.2. The van der Waals surface area contributed by atoms with Crippen molar-refractivity contribution in [1.82, 2.24) is 17.5 Å². The van der Waals surface area contributed by atoms with Crippen LogP contribution in [0.2, 0.25) is 0 Å². The van der Waals surface area contributed by atoms with Crippen LogP contribution in [-0.2, 0) is 18.3 Å². The van der Waals surface area contributed by atoms with Gasteiger partial charge in [0.2, 0.25) is 0 Å². The molecule has 0 radical (unpaired) electrons. The molecule has 0 bridgehead atoms. The lowest BCUT2D eigenvalue weighted by Gasteiger charge is -2.37. The molecule has 4 nitrogen and oxygen atoms in total. The van der Waals surface area contributed by atoms with Gasteiger partial charge in [0.05, 0.1) is 23.5 Å². The molecule has 11 rings (SSSR count). The molecule has 4 atom stereocenters. The number of hydrogen-bond acceptors (Lipinski definition) is 12. The Bertz CT molecular complexity index is 3270. The minimum Gasteiger partial charge on any atom is -0.172 e. The Morgan fingerprint density at radius 2 is 0.701 bits per heavy atom. The van der Waals surface area contributed by atoms with Crippen molar-refractivity contribution < 1.29 is 0 Å². The Morgan fingerprint density at radius 3 is 1.03 bits per heavy atom. The lowest BCUT2D eigenvalue weighted by Crippen LogP contribution is -2.31. The third-order valence-electron chi connectivity index (χ3n) is 17.5. The number of hydrogen-bond donors (Lipinski definition) is 0. The van der Waals surface area contributed by atoms with Gasteiger partial charge in [-0.1, -0.05) is 182 Å². The van der Waals surface area contributed by atoms with Crippen molar-refractivity contribution in [2.24, 2.45) is 23.7 Å². The maximum absolute atomic E-state index is 5.13. The number of nitrogens with zero attached hydrogens (tertiary/aromatic N) is 4. The number of unbranched alkanes of at least 4 members (excludes halogenated alkanes) is 4. The molecule has 2 aromatic carbocycles. The van der Waals surface area contributed by atoms with Crippen LogP contribution in [-0.4, -0.2) is 17.5 Å². The molecule has 12 heteroatoms. The summed E-state index contributed by atoms with van der Waals surface area (Å²) < 4.78 is 26.0. The summed E-state index contributed by atoms with van der Waals surface area (Å²) in [6.45, 7) is 19.0. The molecule has 4 unspecified atom stereocenters. The van der Waals surface area contributed by atoms with E-state index in [9.17, 15) is 0 Å². The van der Waals surface area contributed by atoms with Gasteiger partial charge in [0, 0.05) is 85.5 Å². The fourth-order valence-corrected chi connectivity index (χ4v) is 21.9. The van der Waals surface area contributed by atoms with Gasteiger partial charge in [-0.25, -0.2) is 0 Å². The molecule has 10 aromatic rings. The van der Waals surface area contributed by atoms with Crippen LogP contribution in [0, 0.1) is 23.7 Å². The van der Waals surface area contributed by atoms with E-state index in [2.05, 4.69) is 116 Å². The fourth-order valence-electron chi connectivity index (χ4n) is 12.9. The molecule has 1 aliphatic carbocycles. The molecule has 0 N–H and O–H groups in total. The van der Waals surface area contributed by atoms with Crippen molar-refractivity contribution in [1.29, 1.82) is 0 Å². The van der Waals surface area contributed by atoms with Crippen molar-refractivity contribution in [3.05, 3.63) is 81.5 Å². The van der Waals surface area contributed by atoms with Crippen LogP contribution in [0.5, 0.6) is 0 Å². The highest BCUT2D eigenvalue weighted by molar-refractivity contribution is 7.30. The number of thiophene rings is 6. The van der Waals surface area contributed by atoms with Gasteiger partial charge >= 0.3 is 0 Å². The van der Waals surface area contributed by atoms with E-state index < -0.39 is 0 Å². The number of aromatic nitrogens is 4. The first kappa shape index (κ1) is 55.7. The molecular formula is C65H78N4S8. The zero-order valence-corrected chi connectivity index (χ0v) is 53.3. The van der Waals surface area contributed by atoms with Crippen molar-refractivity contribution >= 4 is 132 Å². The lowest BCUT2D eigenvalue weighted by molar-refractivity contribution is 0.266. The minimum absolute atomic E-state index is 0.0702. The topological polar surface area (TPSA) is 51.6 Å². The van der Waals surface area contributed by atoms with Crippen LogP contribution >= 0.6 is 91.5 Å². The van der Waals surface area contributed by atoms with Crippen LogP contribution in [0.25, 0.3) is 92.4 Å². The molecule has 0 saturated carbocycles. The van der Waals surface area contributed by atoms with E-state index in [4.69, 9.17) is 17.5 Å². The van der Waals surface area contributed by atoms with Gasteiger partial charge in [-0.15, -0.1) is 68.0 Å². The Hall–Kier alpha value is -3.20. The molecule has 0 amide bonds. The van der Waals surface area contributed by atoms with E-state index in [1.807, 2.05) is 68.0 Å². The molecule has 406 valence electrons. The van der Waals surface area contributed by atoms with E-state index in [0.717, 1.165) is 33.9 Å². The maximum Gasteiger partial charge on any atom is 0.114 e. The van der Waals surface area contributed by atoms with Gasteiger partial charge in [0.1, 0.15) is 22.1 Å². The third-order valence-corrected chi connectivity index (χ3v) is 25.8. The van der Waals surface area contributed by atoms with Gasteiger partial charge in [0.25, 0.3) is 0 Å². The zero-order chi connectivity index (χ0) is 53.2. The number of fused-ring (bicyclic) bond motifs is 7. The lowest BCUT2D eigenvalue weighted by atomic mass is 9.65. The summed E-state index contributed by atoms with van der Waals surface area (Å²) in [5, 5.41) is 0. The van der Waals surface area contributed by atoms with Crippen LogP contribution < -0.4 is 0 Å². The summed E-state index contributed by atoms with van der Waals surface area (Å²) in [6, 6.07) is 24.6. The summed E-state index contributed by atoms with van der Waals surface area (Å²) in [6.07, 6.45) is 25.3. The molecule has 0 saturated heterocycles. The van der Waals surface area contributed by atoms with Crippen LogP contribution in [0.1, 0.15) is 192 Å². The Labute approximate surface area is 491 Å². The Kier molecular flexibility index (Phi) is 18.0. The third kappa shape index (κ3) is 11.2. The first-order valence-corrected chi connectivity index (χ1v) is 35.9. The van der Waals surface area contributed by atoms with E-state index in [-0.39, 0.29) is 5.41 Å². The summed E-state index contributed by atoms with van der Waals surface area (Å²) >= 11 is 14.6. The van der Waals surface area contributed by atoms with E-state index in [1.54, 1.807) is 11.1 Å². The van der Waals surface area contributed by atoms with Crippen molar-refractivity contribution in [2.75, 3.05) is 0 Å². The van der Waals surface area contributed by atoms with Gasteiger partial charge < -0.3 is 0 Å². The van der Waals surface area contributed by atoms with Crippen molar-refractivity contribution in [2.45, 2.75) is 189 Å². The van der Waals surface area contributed by atoms with Gasteiger partial charge in [-0.05, 0) is 96.9 Å². The van der Waals surface area contributed by atoms with Crippen molar-refractivity contribution in [3.63, 3.8) is 0 Å². The summed E-state index contributed by atoms with van der Waals surface area (Å²) in [5.41, 5.74) is 12.2. The molecular weight excluding hydrogens is 1090 g/mol. The first-order valence-electron chi connectivity index (χ1n) is 29.6. The fraction of sp³-hybridized carbons (Fsp3) is 0.508. The Balaban J connectivity index is 0.979. The average molecular weight is 1170 g/mol. The summed E-state index contributed by atoms with van der Waals surface area (Å²) in [5.74, 6) is 2.87. The predicted octanol–water partition coefficient (Wildman–Crippen LogP) is 24.0. The second-order valence-corrected chi connectivity index (χ2v) is 30.3. The van der Waals surface area contributed by atoms with E-state index >= 15 is 0 Å². The van der Waals surface area contributed by atoms with E-state index in [1.165, 1.54) is 232 Å². The summed E-state index contributed by atoms with van der Waals surface area (Å²) in [4.78, 5) is 11.3. The second-order valence-electron chi connectivity index (χ2n) is 22.6. The monoisotopic (exact) mass is 1170 g/mol. The van der Waals surface area contributed by atoms with Crippen LogP contribution in [0.15, 0.2) is 60.7 Å². The standard InChI is InChI=1S/C65H78N4S8/c1-9-17-21-39(13-5)29-43-31-55-57(70-43)35-53(72-55)47-27-25-45(59-61(47)68-76-66-59)51-33-49-63(74-51)64-50(65(49,37-41(15-7)23-19-11-3)38-42(16-8)24-20-12-4)34-52(75-64)46-26-28-48(62-60(46)67-77-69-62)54-36-58-56(73-54)32-44(71-58)30-40(14-6)22-18-10-2/h25-28,31-36,39-42H,9-24,29-30,37-38H2,1-8H3. The molecule has 0 spiro atoms.